The first-order valence-corrected chi connectivity index (χ1v) is 3.97. The van der Waals surface area contributed by atoms with Crippen molar-refractivity contribution in [2.75, 3.05) is 21.1 Å². The normalized spacial score (nSPS) is 15.5. The zero-order chi connectivity index (χ0) is 8.58. The quantitative estimate of drug-likeness (QED) is 0.541. The van der Waals surface area contributed by atoms with E-state index in [4.69, 9.17) is 0 Å². The van der Waals surface area contributed by atoms with Gasteiger partial charge in [0.15, 0.2) is 0 Å². The van der Waals surface area contributed by atoms with E-state index in [2.05, 4.69) is 48.8 Å². The van der Waals surface area contributed by atoms with E-state index in [1.165, 1.54) is 0 Å². The molecule has 0 aliphatic carbocycles. The Hall–Kier alpha value is -0.0800. The van der Waals surface area contributed by atoms with Crippen molar-refractivity contribution in [1.82, 2.24) is 0 Å². The summed E-state index contributed by atoms with van der Waals surface area (Å²) in [6.07, 6.45) is 0. The van der Waals surface area contributed by atoms with Crippen LogP contribution in [0.1, 0.15) is 27.7 Å². The SMILES string of the molecule is CC(C(C)(C)C)[N+](C)(C)C.[OH-]. The van der Waals surface area contributed by atoms with Crippen LogP contribution in [-0.4, -0.2) is 37.1 Å². The molecule has 0 aliphatic rings. The molecule has 0 aliphatic heterocycles. The second-order valence-corrected chi connectivity index (χ2v) is 5.16. The lowest BCUT2D eigenvalue weighted by Gasteiger charge is -2.39. The molecule has 0 amide bonds. The molecule has 1 unspecified atom stereocenters. The van der Waals surface area contributed by atoms with E-state index in [1.54, 1.807) is 0 Å². The molecule has 0 radical (unpaired) electrons. The number of hydrogen-bond acceptors (Lipinski definition) is 1. The highest BCUT2D eigenvalue weighted by atomic mass is 16.0. The standard InChI is InChI=1S/C9H22N.H2O/c1-8(9(2,3)4)10(5,6)7;/h8H,1-7H3;1H2/q+1;/p-1. The predicted octanol–water partition coefficient (Wildman–Crippen LogP) is 1.95. The van der Waals surface area contributed by atoms with E-state index in [0.717, 1.165) is 4.48 Å². The second kappa shape index (κ2) is 3.55. The van der Waals surface area contributed by atoms with E-state index in [9.17, 15) is 0 Å². The van der Waals surface area contributed by atoms with E-state index in [0.29, 0.717) is 11.5 Å². The van der Waals surface area contributed by atoms with Crippen LogP contribution < -0.4 is 0 Å². The van der Waals surface area contributed by atoms with Crippen LogP contribution in [0.2, 0.25) is 0 Å². The Morgan fingerprint density at radius 1 is 1.00 bits per heavy atom. The lowest BCUT2D eigenvalue weighted by molar-refractivity contribution is -0.901. The van der Waals surface area contributed by atoms with E-state index < -0.39 is 0 Å². The van der Waals surface area contributed by atoms with Crippen LogP contribution in [0.5, 0.6) is 0 Å². The first kappa shape index (κ1) is 13.5. The van der Waals surface area contributed by atoms with Gasteiger partial charge in [-0.25, -0.2) is 0 Å². The lowest BCUT2D eigenvalue weighted by atomic mass is 9.86. The molecule has 2 nitrogen and oxygen atoms in total. The zero-order valence-corrected chi connectivity index (χ0v) is 8.97. The molecule has 0 aromatic rings. The van der Waals surface area contributed by atoms with E-state index in [-0.39, 0.29) is 5.48 Å². The molecule has 1 atom stereocenters. The van der Waals surface area contributed by atoms with Crippen molar-refractivity contribution in [3.63, 3.8) is 0 Å². The summed E-state index contributed by atoms with van der Waals surface area (Å²) in [5.41, 5.74) is 0.415. The van der Waals surface area contributed by atoms with Crippen LogP contribution in [0, 0.1) is 5.41 Å². The summed E-state index contributed by atoms with van der Waals surface area (Å²) in [4.78, 5) is 0. The largest absolute Gasteiger partial charge is 0.870 e. The fourth-order valence-corrected chi connectivity index (χ4v) is 1.16. The Morgan fingerprint density at radius 3 is 1.27 bits per heavy atom. The van der Waals surface area contributed by atoms with Gasteiger partial charge in [-0.1, -0.05) is 20.8 Å². The second-order valence-electron chi connectivity index (χ2n) is 5.16. The van der Waals surface area contributed by atoms with Gasteiger partial charge in [0, 0.05) is 5.41 Å². The van der Waals surface area contributed by atoms with Crippen LogP contribution in [0.15, 0.2) is 0 Å². The maximum Gasteiger partial charge on any atom is 0.0904 e. The molecule has 0 bridgehead atoms. The predicted molar refractivity (Wildman–Crippen MR) is 48.9 cm³/mol. The minimum atomic E-state index is 0. The van der Waals surface area contributed by atoms with Crippen LogP contribution in [0.4, 0.5) is 0 Å². The average Bonchev–Trinajstić information content (AvgIpc) is 1.59. The van der Waals surface area contributed by atoms with Crippen molar-refractivity contribution in [3.8, 4) is 0 Å². The maximum atomic E-state index is 2.31. The third-order valence-corrected chi connectivity index (χ3v) is 2.42. The highest BCUT2D eigenvalue weighted by Crippen LogP contribution is 2.25. The van der Waals surface area contributed by atoms with Crippen molar-refractivity contribution in [1.29, 1.82) is 0 Å². The van der Waals surface area contributed by atoms with Gasteiger partial charge in [-0.3, -0.25) is 0 Å². The molecular formula is C9H23NO. The van der Waals surface area contributed by atoms with Crippen molar-refractivity contribution in [2.24, 2.45) is 5.41 Å². The van der Waals surface area contributed by atoms with Gasteiger partial charge in [-0.15, -0.1) is 0 Å². The number of quaternary nitrogens is 1. The monoisotopic (exact) mass is 161 g/mol. The first-order valence-electron chi connectivity index (χ1n) is 3.97. The van der Waals surface area contributed by atoms with Gasteiger partial charge in [-0.2, -0.15) is 0 Å². The number of hydrogen-bond donors (Lipinski definition) is 0. The molecule has 0 fully saturated rings. The third kappa shape index (κ3) is 4.38. The molecule has 0 spiro atoms. The Morgan fingerprint density at radius 2 is 1.27 bits per heavy atom. The molecule has 70 valence electrons. The van der Waals surface area contributed by atoms with Gasteiger partial charge in [0.1, 0.15) is 0 Å². The fraction of sp³-hybridized carbons (Fsp3) is 1.00. The van der Waals surface area contributed by atoms with Gasteiger partial charge in [0.2, 0.25) is 0 Å². The molecular weight excluding hydrogens is 138 g/mol. The molecule has 2 heteroatoms. The molecule has 0 saturated carbocycles. The summed E-state index contributed by atoms with van der Waals surface area (Å²) < 4.78 is 1.05. The molecule has 1 N–H and O–H groups in total. The van der Waals surface area contributed by atoms with Gasteiger partial charge in [-0.05, 0) is 6.92 Å². The average molecular weight is 161 g/mol. The van der Waals surface area contributed by atoms with E-state index >= 15 is 0 Å². The van der Waals surface area contributed by atoms with Crippen molar-refractivity contribution in [3.05, 3.63) is 0 Å². The summed E-state index contributed by atoms with van der Waals surface area (Å²) in [6.45, 7) is 9.18. The fourth-order valence-electron chi connectivity index (χ4n) is 1.16. The lowest BCUT2D eigenvalue weighted by Crippen LogP contribution is -2.50. The highest BCUT2D eigenvalue weighted by molar-refractivity contribution is 4.69. The minimum Gasteiger partial charge on any atom is -0.870 e. The Bertz CT molecular complexity index is 93.7. The van der Waals surface area contributed by atoms with Gasteiger partial charge >= 0.3 is 0 Å². The molecule has 0 aromatic carbocycles. The summed E-state index contributed by atoms with van der Waals surface area (Å²) in [5, 5.41) is 0. The molecule has 0 aromatic heterocycles. The van der Waals surface area contributed by atoms with E-state index in [1.807, 2.05) is 0 Å². The molecule has 0 rings (SSSR count). The zero-order valence-electron chi connectivity index (χ0n) is 8.97. The minimum absolute atomic E-state index is 0. The highest BCUT2D eigenvalue weighted by Gasteiger charge is 2.30. The topological polar surface area (TPSA) is 30.0 Å². The smallest absolute Gasteiger partial charge is 0.0904 e. The summed E-state index contributed by atoms with van der Waals surface area (Å²) in [5.74, 6) is 0. The molecule has 0 heterocycles. The van der Waals surface area contributed by atoms with Gasteiger partial charge < -0.3 is 9.96 Å². The Labute approximate surface area is 71.1 Å². The first-order chi connectivity index (χ1) is 4.15. The van der Waals surface area contributed by atoms with Crippen LogP contribution >= 0.6 is 0 Å². The van der Waals surface area contributed by atoms with Gasteiger partial charge in [0.25, 0.3) is 0 Å². The number of nitrogens with zero attached hydrogens (tertiary/aromatic N) is 1. The van der Waals surface area contributed by atoms with Gasteiger partial charge in [0.05, 0.1) is 27.2 Å². The third-order valence-electron chi connectivity index (χ3n) is 2.42. The summed E-state index contributed by atoms with van der Waals surface area (Å²) in [6, 6.07) is 0.701. The Kier molecular flexibility index (Phi) is 4.35. The molecule has 0 saturated heterocycles. The Balaban J connectivity index is 0. The maximum absolute atomic E-state index is 2.31. The van der Waals surface area contributed by atoms with Crippen LogP contribution in [0.3, 0.4) is 0 Å². The molecule has 11 heavy (non-hydrogen) atoms. The summed E-state index contributed by atoms with van der Waals surface area (Å²) in [7, 11) is 6.74. The van der Waals surface area contributed by atoms with Crippen molar-refractivity contribution in [2.45, 2.75) is 33.7 Å². The van der Waals surface area contributed by atoms with Crippen molar-refractivity contribution < 1.29 is 9.96 Å². The van der Waals surface area contributed by atoms with Crippen LogP contribution in [0.25, 0.3) is 0 Å². The summed E-state index contributed by atoms with van der Waals surface area (Å²) >= 11 is 0. The van der Waals surface area contributed by atoms with Crippen LogP contribution in [-0.2, 0) is 0 Å². The number of rotatable bonds is 1. The van der Waals surface area contributed by atoms with Crippen molar-refractivity contribution >= 4 is 0 Å².